The summed E-state index contributed by atoms with van der Waals surface area (Å²) in [6, 6.07) is 65.3. The highest BCUT2D eigenvalue weighted by Crippen LogP contribution is 2.51. The molecular weight excluding hydrogens is 727 g/mol. The lowest BCUT2D eigenvalue weighted by atomic mass is 9.43. The number of fused-ring (bicyclic) bond motifs is 7. The summed E-state index contributed by atoms with van der Waals surface area (Å²) in [5.74, 6) is 0. The molecule has 4 heteroatoms. The van der Waals surface area contributed by atoms with Crippen LogP contribution in [0.5, 0.6) is 0 Å². The molecule has 0 bridgehead atoms. The third kappa shape index (κ3) is 5.73. The molecular formula is C56H47BN2O. The molecule has 0 unspecified atom stereocenters. The van der Waals surface area contributed by atoms with Gasteiger partial charge >= 0.3 is 6.85 Å². The van der Waals surface area contributed by atoms with Crippen LogP contribution in [0.3, 0.4) is 0 Å². The van der Waals surface area contributed by atoms with E-state index in [0.29, 0.717) is 0 Å². The average molecular weight is 775 g/mol. The van der Waals surface area contributed by atoms with E-state index < -0.39 is 0 Å². The zero-order valence-corrected chi connectivity index (χ0v) is 35.1. The minimum absolute atomic E-state index is 0.0338. The predicted octanol–water partition coefficient (Wildman–Crippen LogP) is 14.2. The number of rotatable bonds is 4. The third-order valence-electron chi connectivity index (χ3n) is 12.8. The second-order valence-corrected chi connectivity index (χ2v) is 18.6. The standard InChI is InChI=1S/C56H47BN2O/c1-55(2,3)39-25-28-41(29-26-39)59-49-23-15-13-21-42(49)46-31-38(36-17-9-7-10-18-36)32-51-54(46)57(59)47-35-53-45(43-22-14-16-24-52(43)60-53)34-50(47)58(51)48-30-27-40(56(4,5)6)33-44(48)37-19-11-8-12-20-37/h7-35H,1-6H3. The number of anilines is 5. The normalized spacial score (nSPS) is 13.4. The molecule has 0 radical (unpaired) electrons. The Bertz CT molecular complexity index is 3110. The molecule has 9 aromatic rings. The lowest BCUT2D eigenvalue weighted by molar-refractivity contribution is 0.590. The first-order valence-corrected chi connectivity index (χ1v) is 21.2. The van der Waals surface area contributed by atoms with E-state index >= 15 is 0 Å². The quantitative estimate of drug-likeness (QED) is 0.166. The van der Waals surface area contributed by atoms with Crippen molar-refractivity contribution in [3.63, 3.8) is 0 Å². The lowest BCUT2D eigenvalue weighted by Gasteiger charge is -2.46. The van der Waals surface area contributed by atoms with E-state index in [1.54, 1.807) is 0 Å². The third-order valence-corrected chi connectivity index (χ3v) is 12.8. The largest absolute Gasteiger partial charge is 0.456 e. The molecule has 2 aliphatic rings. The number of nitrogens with zero attached hydrogens (tertiary/aromatic N) is 2. The number of hydrogen-bond acceptors (Lipinski definition) is 3. The van der Waals surface area contributed by atoms with Gasteiger partial charge in [-0.2, -0.15) is 0 Å². The van der Waals surface area contributed by atoms with E-state index in [9.17, 15) is 0 Å². The number of furan rings is 1. The topological polar surface area (TPSA) is 19.6 Å². The summed E-state index contributed by atoms with van der Waals surface area (Å²) < 4.78 is 6.74. The van der Waals surface area contributed by atoms with E-state index in [4.69, 9.17) is 4.42 Å². The first kappa shape index (κ1) is 36.3. The molecule has 3 heterocycles. The average Bonchev–Trinajstić information content (AvgIpc) is 3.63. The van der Waals surface area contributed by atoms with Gasteiger partial charge in [-0.3, -0.25) is 0 Å². The fourth-order valence-electron chi connectivity index (χ4n) is 9.64. The summed E-state index contributed by atoms with van der Waals surface area (Å²) in [5.41, 5.74) is 20.0. The Labute approximate surface area is 353 Å². The molecule has 1 aromatic heterocycles. The van der Waals surface area contributed by atoms with Gasteiger partial charge in [0.15, 0.2) is 0 Å². The fraction of sp³-hybridized carbons (Fsp3) is 0.143. The summed E-state index contributed by atoms with van der Waals surface area (Å²) in [6.07, 6.45) is 0. The second-order valence-electron chi connectivity index (χ2n) is 18.6. The summed E-state index contributed by atoms with van der Waals surface area (Å²) in [7, 11) is 0. The van der Waals surface area contributed by atoms with Crippen molar-refractivity contribution in [3.8, 4) is 33.4 Å². The maximum Gasteiger partial charge on any atom is 0.333 e. The van der Waals surface area contributed by atoms with Crippen LogP contribution in [0.4, 0.5) is 28.4 Å². The van der Waals surface area contributed by atoms with Crippen molar-refractivity contribution in [2.24, 2.45) is 0 Å². The van der Waals surface area contributed by atoms with Crippen molar-refractivity contribution < 1.29 is 4.42 Å². The molecule has 0 atom stereocenters. The molecule has 0 saturated heterocycles. The van der Waals surface area contributed by atoms with Gasteiger partial charge in [-0.1, -0.05) is 157 Å². The summed E-state index contributed by atoms with van der Waals surface area (Å²) in [5, 5.41) is 2.23. The first-order valence-electron chi connectivity index (χ1n) is 21.2. The van der Waals surface area contributed by atoms with E-state index in [1.807, 2.05) is 0 Å². The molecule has 0 saturated carbocycles. The van der Waals surface area contributed by atoms with Crippen molar-refractivity contribution in [2.45, 2.75) is 52.4 Å². The van der Waals surface area contributed by atoms with Crippen LogP contribution < -0.4 is 20.6 Å². The molecule has 290 valence electrons. The highest BCUT2D eigenvalue weighted by molar-refractivity contribution is 6.93. The summed E-state index contributed by atoms with van der Waals surface area (Å²) >= 11 is 0. The smallest absolute Gasteiger partial charge is 0.333 e. The minimum Gasteiger partial charge on any atom is -0.456 e. The van der Waals surface area contributed by atoms with Gasteiger partial charge in [-0.05, 0) is 116 Å². The van der Waals surface area contributed by atoms with Crippen molar-refractivity contribution in [1.82, 2.24) is 0 Å². The zero-order valence-electron chi connectivity index (χ0n) is 35.1. The number of benzene rings is 8. The Morgan fingerprint density at radius 2 is 1.07 bits per heavy atom. The molecule has 3 nitrogen and oxygen atoms in total. The Hall–Kier alpha value is -6.78. The maximum atomic E-state index is 6.74. The molecule has 60 heavy (non-hydrogen) atoms. The zero-order chi connectivity index (χ0) is 40.9. The molecule has 11 rings (SSSR count). The van der Waals surface area contributed by atoms with E-state index in [1.165, 1.54) is 66.8 Å². The SMILES string of the molecule is CC(C)(C)c1ccc(N2B3c4cc5oc6ccccc6c5cc4N(c4ccc(C(C)(C)C)cc4-c4ccccc4)c4cc(-c5ccccc5)cc(c43)-c3ccccc32)cc1. The highest BCUT2D eigenvalue weighted by Gasteiger charge is 2.46. The maximum absolute atomic E-state index is 6.74. The van der Waals surface area contributed by atoms with Gasteiger partial charge in [-0.25, -0.2) is 0 Å². The number of para-hydroxylation sites is 2. The molecule has 2 aliphatic heterocycles. The van der Waals surface area contributed by atoms with Crippen molar-refractivity contribution in [2.75, 3.05) is 9.71 Å². The van der Waals surface area contributed by atoms with Gasteiger partial charge < -0.3 is 14.1 Å². The molecule has 0 spiro atoms. The van der Waals surface area contributed by atoms with Crippen molar-refractivity contribution in [1.29, 1.82) is 0 Å². The number of hydrogen-bond donors (Lipinski definition) is 0. The Balaban J connectivity index is 1.29. The lowest BCUT2D eigenvalue weighted by Crippen LogP contribution is -2.61. The van der Waals surface area contributed by atoms with Gasteiger partial charge in [0.2, 0.25) is 0 Å². The van der Waals surface area contributed by atoms with Crippen LogP contribution in [-0.2, 0) is 10.8 Å². The van der Waals surface area contributed by atoms with Gasteiger partial charge in [0.05, 0.1) is 5.69 Å². The molecule has 0 amide bonds. The Kier molecular flexibility index (Phi) is 8.09. The van der Waals surface area contributed by atoms with Gasteiger partial charge in [0, 0.05) is 44.6 Å². The van der Waals surface area contributed by atoms with Crippen LogP contribution in [0.1, 0.15) is 52.7 Å². The van der Waals surface area contributed by atoms with Crippen LogP contribution in [0, 0.1) is 0 Å². The van der Waals surface area contributed by atoms with Crippen LogP contribution in [0.2, 0.25) is 0 Å². The van der Waals surface area contributed by atoms with E-state index in [2.05, 4.69) is 227 Å². The highest BCUT2D eigenvalue weighted by atomic mass is 16.3. The predicted molar refractivity (Wildman–Crippen MR) is 256 cm³/mol. The van der Waals surface area contributed by atoms with Crippen molar-refractivity contribution in [3.05, 3.63) is 187 Å². The second kappa shape index (κ2) is 13.4. The summed E-state index contributed by atoms with van der Waals surface area (Å²) in [4.78, 5) is 5.16. The van der Waals surface area contributed by atoms with Gasteiger partial charge in [0.1, 0.15) is 11.2 Å². The van der Waals surface area contributed by atoms with Crippen LogP contribution in [0.25, 0.3) is 55.3 Å². The molecule has 8 aromatic carbocycles. The molecule has 0 aliphatic carbocycles. The van der Waals surface area contributed by atoms with Crippen LogP contribution in [0.15, 0.2) is 180 Å². The van der Waals surface area contributed by atoms with Crippen LogP contribution in [-0.4, -0.2) is 6.85 Å². The Morgan fingerprint density at radius 1 is 0.417 bits per heavy atom. The van der Waals surface area contributed by atoms with Gasteiger partial charge in [0.25, 0.3) is 0 Å². The fourth-order valence-corrected chi connectivity index (χ4v) is 9.64. The first-order chi connectivity index (χ1) is 29.0. The van der Waals surface area contributed by atoms with E-state index in [0.717, 1.165) is 39.0 Å². The van der Waals surface area contributed by atoms with Gasteiger partial charge in [-0.15, -0.1) is 0 Å². The summed E-state index contributed by atoms with van der Waals surface area (Å²) in [6.45, 7) is 13.6. The molecule has 0 N–H and O–H groups in total. The Morgan fingerprint density at radius 3 is 1.80 bits per heavy atom. The van der Waals surface area contributed by atoms with Crippen molar-refractivity contribution >= 4 is 68.1 Å². The monoisotopic (exact) mass is 774 g/mol. The molecule has 0 fully saturated rings. The minimum atomic E-state index is -0.145. The van der Waals surface area contributed by atoms with Crippen LogP contribution >= 0.6 is 0 Å². The van der Waals surface area contributed by atoms with E-state index in [-0.39, 0.29) is 17.7 Å².